The summed E-state index contributed by atoms with van der Waals surface area (Å²) >= 11 is 0. The van der Waals surface area contributed by atoms with E-state index in [9.17, 15) is 13.2 Å². The number of pyridine rings is 1. The van der Waals surface area contributed by atoms with Crippen molar-refractivity contribution in [2.75, 3.05) is 26.6 Å². The monoisotopic (exact) mass is 423 g/mol. The van der Waals surface area contributed by atoms with E-state index in [4.69, 9.17) is 13.7 Å². The Hall–Kier alpha value is -2.65. The number of hydrogen-bond acceptors (Lipinski definition) is 8. The zero-order valence-electron chi connectivity index (χ0n) is 16.7. The quantitative estimate of drug-likeness (QED) is 0.400. The lowest BCUT2D eigenvalue weighted by Gasteiger charge is -2.13. The molecule has 0 saturated heterocycles. The number of benzene rings is 1. The summed E-state index contributed by atoms with van der Waals surface area (Å²) in [5.41, 5.74) is 1.80. The Morgan fingerprint density at radius 1 is 1.07 bits per heavy atom. The van der Waals surface area contributed by atoms with Crippen molar-refractivity contribution in [2.24, 2.45) is 0 Å². The number of esters is 1. The Morgan fingerprint density at radius 3 is 2.31 bits per heavy atom. The van der Waals surface area contributed by atoms with E-state index in [2.05, 4.69) is 9.72 Å². The summed E-state index contributed by atoms with van der Waals surface area (Å²) in [6.45, 7) is 1.93. The SMILES string of the molecule is CCS(=O)(=O)Oc1ccc(CCOc2ccc(CC(OC)C(=O)OC)cn2)cc1. The lowest BCUT2D eigenvalue weighted by molar-refractivity contribution is -0.152. The molecule has 0 spiro atoms. The minimum atomic E-state index is -3.52. The molecule has 0 fully saturated rings. The topological polar surface area (TPSA) is 101 Å². The van der Waals surface area contributed by atoms with Gasteiger partial charge in [0.05, 0.1) is 19.5 Å². The maximum Gasteiger partial charge on any atom is 0.335 e. The molecule has 158 valence electrons. The lowest BCUT2D eigenvalue weighted by atomic mass is 10.1. The van der Waals surface area contributed by atoms with Gasteiger partial charge in [-0.1, -0.05) is 18.2 Å². The van der Waals surface area contributed by atoms with Gasteiger partial charge in [0.1, 0.15) is 5.75 Å². The van der Waals surface area contributed by atoms with Gasteiger partial charge in [-0.15, -0.1) is 0 Å². The maximum absolute atomic E-state index is 11.6. The zero-order valence-corrected chi connectivity index (χ0v) is 17.5. The molecule has 0 bridgehead atoms. The first kappa shape index (κ1) is 22.6. The molecule has 0 aliphatic carbocycles. The summed E-state index contributed by atoms with van der Waals surface area (Å²) in [6.07, 6.45) is 1.94. The van der Waals surface area contributed by atoms with Crippen LogP contribution in [-0.2, 0) is 37.2 Å². The highest BCUT2D eigenvalue weighted by Gasteiger charge is 2.19. The van der Waals surface area contributed by atoms with Gasteiger partial charge in [0.15, 0.2) is 6.10 Å². The number of methoxy groups -OCH3 is 2. The molecule has 29 heavy (non-hydrogen) atoms. The van der Waals surface area contributed by atoms with Crippen molar-refractivity contribution in [3.05, 3.63) is 53.7 Å². The predicted octanol–water partition coefficient (Wildman–Crippen LogP) is 2.16. The molecule has 1 atom stereocenters. The molecular weight excluding hydrogens is 398 g/mol. The Bertz CT molecular complexity index is 880. The standard InChI is InChI=1S/C20H25NO7S/c1-4-29(23,24)28-17-8-5-15(6-9-17)11-12-27-19-10-7-16(14-21-19)13-18(25-2)20(22)26-3/h5-10,14,18H,4,11-13H2,1-3H3. The molecule has 1 aromatic heterocycles. The van der Waals surface area contributed by atoms with E-state index in [0.717, 1.165) is 11.1 Å². The van der Waals surface area contributed by atoms with Crippen molar-refractivity contribution in [1.29, 1.82) is 0 Å². The lowest BCUT2D eigenvalue weighted by Crippen LogP contribution is -2.26. The van der Waals surface area contributed by atoms with Crippen molar-refractivity contribution in [2.45, 2.75) is 25.9 Å². The fraction of sp³-hybridized carbons (Fsp3) is 0.400. The molecule has 2 rings (SSSR count). The van der Waals surface area contributed by atoms with Crippen LogP contribution in [0.25, 0.3) is 0 Å². The Labute approximate surface area is 170 Å². The van der Waals surface area contributed by atoms with Gasteiger partial charge in [-0.05, 0) is 30.2 Å². The maximum atomic E-state index is 11.6. The van der Waals surface area contributed by atoms with Crippen molar-refractivity contribution >= 4 is 16.1 Å². The first-order chi connectivity index (χ1) is 13.9. The Morgan fingerprint density at radius 2 is 1.76 bits per heavy atom. The summed E-state index contributed by atoms with van der Waals surface area (Å²) in [7, 11) is -0.755. The van der Waals surface area contributed by atoms with Crippen LogP contribution in [0.2, 0.25) is 0 Å². The van der Waals surface area contributed by atoms with Crippen molar-refractivity contribution in [3.63, 3.8) is 0 Å². The van der Waals surface area contributed by atoms with Crippen LogP contribution >= 0.6 is 0 Å². The van der Waals surface area contributed by atoms with Crippen LogP contribution in [0.4, 0.5) is 0 Å². The molecule has 2 aromatic rings. The minimum Gasteiger partial charge on any atom is -0.477 e. The van der Waals surface area contributed by atoms with Gasteiger partial charge in [0, 0.05) is 32.2 Å². The number of nitrogens with zero attached hydrogens (tertiary/aromatic N) is 1. The van der Waals surface area contributed by atoms with E-state index >= 15 is 0 Å². The fourth-order valence-electron chi connectivity index (χ4n) is 2.42. The van der Waals surface area contributed by atoms with Gasteiger partial charge in [-0.2, -0.15) is 8.42 Å². The smallest absolute Gasteiger partial charge is 0.335 e. The molecule has 1 heterocycles. The average molecular weight is 423 g/mol. The van der Waals surface area contributed by atoms with Crippen LogP contribution in [0, 0.1) is 0 Å². The number of ether oxygens (including phenoxy) is 3. The third-order valence-electron chi connectivity index (χ3n) is 4.11. The third kappa shape index (κ3) is 7.35. The molecular formula is C20H25NO7S. The Balaban J connectivity index is 1.82. The number of hydrogen-bond donors (Lipinski definition) is 0. The van der Waals surface area contributed by atoms with Gasteiger partial charge in [0.25, 0.3) is 0 Å². The summed E-state index contributed by atoms with van der Waals surface area (Å²) in [6, 6.07) is 10.4. The van der Waals surface area contributed by atoms with Crippen molar-refractivity contribution in [1.82, 2.24) is 4.98 Å². The van der Waals surface area contributed by atoms with Gasteiger partial charge >= 0.3 is 16.1 Å². The van der Waals surface area contributed by atoms with E-state index in [-0.39, 0.29) is 11.5 Å². The summed E-state index contributed by atoms with van der Waals surface area (Å²) in [5, 5.41) is 0. The van der Waals surface area contributed by atoms with Crippen molar-refractivity contribution in [3.8, 4) is 11.6 Å². The zero-order chi connectivity index (χ0) is 21.3. The molecule has 8 nitrogen and oxygen atoms in total. The largest absolute Gasteiger partial charge is 0.477 e. The van der Waals surface area contributed by atoms with E-state index in [0.29, 0.717) is 25.3 Å². The van der Waals surface area contributed by atoms with Crippen LogP contribution in [0.1, 0.15) is 18.1 Å². The Kier molecular flexibility index (Phi) is 8.41. The van der Waals surface area contributed by atoms with Crippen molar-refractivity contribution < 1.29 is 31.6 Å². The highest BCUT2D eigenvalue weighted by Crippen LogP contribution is 2.16. The first-order valence-corrected chi connectivity index (χ1v) is 10.6. The van der Waals surface area contributed by atoms with Gasteiger partial charge in [-0.3, -0.25) is 0 Å². The van der Waals surface area contributed by atoms with Crippen LogP contribution in [0.15, 0.2) is 42.6 Å². The van der Waals surface area contributed by atoms with Crippen LogP contribution in [0.5, 0.6) is 11.6 Å². The highest BCUT2D eigenvalue weighted by molar-refractivity contribution is 7.87. The van der Waals surface area contributed by atoms with Crippen LogP contribution in [-0.4, -0.2) is 52.1 Å². The summed E-state index contributed by atoms with van der Waals surface area (Å²) in [5.74, 6) is 0.241. The molecule has 1 unspecified atom stereocenters. The van der Waals surface area contributed by atoms with Gasteiger partial charge in [-0.25, -0.2) is 9.78 Å². The third-order valence-corrected chi connectivity index (χ3v) is 5.26. The molecule has 0 radical (unpaired) electrons. The first-order valence-electron chi connectivity index (χ1n) is 9.06. The molecule has 9 heteroatoms. The summed E-state index contributed by atoms with van der Waals surface area (Å²) in [4.78, 5) is 15.8. The minimum absolute atomic E-state index is 0.0802. The second-order valence-corrected chi connectivity index (χ2v) is 7.99. The fourth-order valence-corrected chi connectivity index (χ4v) is 2.94. The van der Waals surface area contributed by atoms with Crippen LogP contribution in [0.3, 0.4) is 0 Å². The van der Waals surface area contributed by atoms with E-state index in [1.807, 2.05) is 6.07 Å². The van der Waals surface area contributed by atoms with E-state index < -0.39 is 22.2 Å². The van der Waals surface area contributed by atoms with Gasteiger partial charge < -0.3 is 18.4 Å². The normalized spacial score (nSPS) is 12.2. The van der Waals surface area contributed by atoms with E-state index in [1.54, 1.807) is 36.5 Å². The highest BCUT2D eigenvalue weighted by atomic mass is 32.2. The molecule has 0 N–H and O–H groups in total. The number of aromatic nitrogens is 1. The number of carbonyl (C=O) groups excluding carboxylic acids is 1. The molecule has 0 aliphatic rings. The summed E-state index contributed by atoms with van der Waals surface area (Å²) < 4.78 is 43.3. The number of carbonyl (C=O) groups is 1. The molecule has 0 saturated carbocycles. The van der Waals surface area contributed by atoms with Crippen LogP contribution < -0.4 is 8.92 Å². The average Bonchev–Trinajstić information content (AvgIpc) is 2.73. The van der Waals surface area contributed by atoms with E-state index in [1.165, 1.54) is 21.1 Å². The molecule has 0 amide bonds. The number of rotatable bonds is 11. The predicted molar refractivity (Wildman–Crippen MR) is 106 cm³/mol. The van der Waals surface area contributed by atoms with Gasteiger partial charge in [0.2, 0.25) is 5.88 Å². The second kappa shape index (κ2) is 10.8. The molecule has 0 aliphatic heterocycles. The second-order valence-electron chi connectivity index (χ2n) is 6.13. The molecule has 1 aromatic carbocycles.